The summed E-state index contributed by atoms with van der Waals surface area (Å²) in [5.74, 6) is -0.792. The van der Waals surface area contributed by atoms with Gasteiger partial charge in [-0.1, -0.05) is 12.1 Å². The van der Waals surface area contributed by atoms with Crippen LogP contribution in [-0.2, 0) is 4.79 Å². The van der Waals surface area contributed by atoms with E-state index in [9.17, 15) is 19.5 Å². The van der Waals surface area contributed by atoms with Crippen molar-refractivity contribution in [3.63, 3.8) is 0 Å². The molecule has 0 spiro atoms. The van der Waals surface area contributed by atoms with Gasteiger partial charge in [0.05, 0.1) is 17.6 Å². The summed E-state index contributed by atoms with van der Waals surface area (Å²) in [4.78, 5) is 39.8. The van der Waals surface area contributed by atoms with Gasteiger partial charge in [0.25, 0.3) is 5.91 Å². The van der Waals surface area contributed by atoms with Crippen LogP contribution in [0.2, 0.25) is 0 Å². The normalized spacial score (nSPS) is 14.3. The van der Waals surface area contributed by atoms with Gasteiger partial charge >= 0.3 is 5.97 Å². The number of amides is 2. The maximum atomic E-state index is 12.4. The maximum absolute atomic E-state index is 12.4. The van der Waals surface area contributed by atoms with E-state index in [0.29, 0.717) is 36.8 Å². The summed E-state index contributed by atoms with van der Waals surface area (Å²) in [6.45, 7) is 1.79. The second-order valence-corrected chi connectivity index (χ2v) is 6.76. The third-order valence-corrected chi connectivity index (χ3v) is 5.18. The molecule has 0 aliphatic carbocycles. The Morgan fingerprint density at radius 2 is 1.69 bits per heavy atom. The van der Waals surface area contributed by atoms with Crippen LogP contribution in [0.15, 0.2) is 52.0 Å². The number of aromatic carboxylic acids is 1. The number of carbonyl (C=O) groups is 3. The van der Waals surface area contributed by atoms with Crippen molar-refractivity contribution >= 4 is 29.5 Å². The predicted octanol–water partition coefficient (Wildman–Crippen LogP) is 2.05. The van der Waals surface area contributed by atoms with Crippen molar-refractivity contribution in [2.24, 2.45) is 0 Å². The van der Waals surface area contributed by atoms with Gasteiger partial charge in [0.1, 0.15) is 0 Å². The highest BCUT2D eigenvalue weighted by Gasteiger charge is 2.26. The van der Waals surface area contributed by atoms with E-state index >= 15 is 0 Å². The Kier molecular flexibility index (Phi) is 5.62. The standard InChI is InChI=1S/C18H18N2O5S/c21-16(12-26-15-6-2-1-4-13(15)18(23)24)19-7-9-20(10-8-19)17(22)14-5-3-11-25-14/h1-6,11H,7-10,12H2,(H,23,24). The first-order chi connectivity index (χ1) is 12.6. The smallest absolute Gasteiger partial charge is 0.336 e. The molecule has 0 unspecified atom stereocenters. The lowest BCUT2D eigenvalue weighted by atomic mass is 10.2. The Morgan fingerprint density at radius 1 is 1.00 bits per heavy atom. The van der Waals surface area contributed by atoms with Crippen LogP contribution in [0.4, 0.5) is 0 Å². The molecule has 0 radical (unpaired) electrons. The fraction of sp³-hybridized carbons (Fsp3) is 0.278. The minimum absolute atomic E-state index is 0.0692. The number of carboxylic acid groups (broad SMARTS) is 1. The molecular formula is C18H18N2O5S. The van der Waals surface area contributed by atoms with Gasteiger partial charge in [0.2, 0.25) is 5.91 Å². The summed E-state index contributed by atoms with van der Waals surface area (Å²) in [7, 11) is 0. The Hall–Kier alpha value is -2.74. The van der Waals surface area contributed by atoms with Crippen LogP contribution in [0.25, 0.3) is 0 Å². The lowest BCUT2D eigenvalue weighted by Gasteiger charge is -2.34. The lowest BCUT2D eigenvalue weighted by molar-refractivity contribution is -0.129. The number of piperazine rings is 1. The van der Waals surface area contributed by atoms with E-state index in [1.165, 1.54) is 24.1 Å². The Labute approximate surface area is 154 Å². The SMILES string of the molecule is O=C(O)c1ccccc1SCC(=O)N1CCN(C(=O)c2ccco2)CC1. The number of hydrogen-bond acceptors (Lipinski definition) is 5. The van der Waals surface area contributed by atoms with Crippen molar-refractivity contribution < 1.29 is 23.9 Å². The molecule has 0 bridgehead atoms. The van der Waals surface area contributed by atoms with E-state index in [4.69, 9.17) is 4.42 Å². The van der Waals surface area contributed by atoms with Gasteiger partial charge in [0.15, 0.2) is 5.76 Å². The van der Waals surface area contributed by atoms with Gasteiger partial charge < -0.3 is 19.3 Å². The van der Waals surface area contributed by atoms with Gasteiger partial charge in [-0.05, 0) is 24.3 Å². The lowest BCUT2D eigenvalue weighted by Crippen LogP contribution is -2.51. The molecule has 7 nitrogen and oxygen atoms in total. The molecular weight excluding hydrogens is 356 g/mol. The molecule has 1 saturated heterocycles. The van der Waals surface area contributed by atoms with Crippen LogP contribution in [-0.4, -0.2) is 64.6 Å². The molecule has 2 aromatic rings. The first-order valence-electron chi connectivity index (χ1n) is 8.12. The van der Waals surface area contributed by atoms with Crippen LogP contribution in [0.5, 0.6) is 0 Å². The third-order valence-electron chi connectivity index (χ3n) is 4.12. The van der Waals surface area contributed by atoms with Crippen molar-refractivity contribution in [1.29, 1.82) is 0 Å². The molecule has 8 heteroatoms. The second kappa shape index (κ2) is 8.09. The van der Waals surface area contributed by atoms with Crippen LogP contribution in [0, 0.1) is 0 Å². The average molecular weight is 374 g/mol. The van der Waals surface area contributed by atoms with Gasteiger partial charge in [0, 0.05) is 31.1 Å². The molecule has 1 fully saturated rings. The fourth-order valence-corrected chi connectivity index (χ4v) is 3.66. The van der Waals surface area contributed by atoms with Crippen LogP contribution in [0.1, 0.15) is 20.9 Å². The Bertz CT molecular complexity index is 798. The monoisotopic (exact) mass is 374 g/mol. The van der Waals surface area contributed by atoms with E-state index in [1.807, 2.05) is 0 Å². The Morgan fingerprint density at radius 3 is 2.35 bits per heavy atom. The van der Waals surface area contributed by atoms with Crippen LogP contribution < -0.4 is 0 Å². The number of carbonyl (C=O) groups excluding carboxylic acids is 2. The highest BCUT2D eigenvalue weighted by atomic mass is 32.2. The van der Waals surface area contributed by atoms with E-state index in [2.05, 4.69) is 0 Å². The molecule has 136 valence electrons. The van der Waals surface area contributed by atoms with Crippen LogP contribution >= 0.6 is 11.8 Å². The summed E-state index contributed by atoms with van der Waals surface area (Å²) in [5, 5.41) is 9.19. The summed E-state index contributed by atoms with van der Waals surface area (Å²) in [6, 6.07) is 9.91. The van der Waals surface area contributed by atoms with Gasteiger partial charge in [-0.2, -0.15) is 0 Å². The molecule has 0 atom stereocenters. The van der Waals surface area contributed by atoms with Crippen molar-refractivity contribution in [3.8, 4) is 0 Å². The zero-order valence-electron chi connectivity index (χ0n) is 14.0. The molecule has 2 amide bonds. The number of benzene rings is 1. The number of rotatable bonds is 5. The van der Waals surface area contributed by atoms with Gasteiger partial charge in [-0.15, -0.1) is 11.8 Å². The molecule has 1 aromatic carbocycles. The van der Waals surface area contributed by atoms with Gasteiger partial charge in [-0.3, -0.25) is 9.59 Å². The highest BCUT2D eigenvalue weighted by Crippen LogP contribution is 2.23. The van der Waals surface area contributed by atoms with Gasteiger partial charge in [-0.25, -0.2) is 4.79 Å². The molecule has 0 saturated carbocycles. The van der Waals surface area contributed by atoms with Crippen molar-refractivity contribution in [2.45, 2.75) is 4.90 Å². The molecule has 3 rings (SSSR count). The zero-order valence-corrected chi connectivity index (χ0v) is 14.8. The number of hydrogen-bond donors (Lipinski definition) is 1. The molecule has 1 aliphatic rings. The molecule has 1 aliphatic heterocycles. The zero-order chi connectivity index (χ0) is 18.5. The van der Waals surface area contributed by atoms with E-state index in [0.717, 1.165) is 0 Å². The first-order valence-corrected chi connectivity index (χ1v) is 9.10. The quantitative estimate of drug-likeness (QED) is 0.806. The molecule has 1 N–H and O–H groups in total. The molecule has 26 heavy (non-hydrogen) atoms. The third kappa shape index (κ3) is 4.08. The highest BCUT2D eigenvalue weighted by molar-refractivity contribution is 8.00. The number of thioether (sulfide) groups is 1. The summed E-state index contributed by atoms with van der Waals surface area (Å²) < 4.78 is 5.12. The minimum atomic E-state index is -1.01. The minimum Gasteiger partial charge on any atom is -0.478 e. The van der Waals surface area contributed by atoms with Crippen molar-refractivity contribution in [3.05, 3.63) is 54.0 Å². The summed E-state index contributed by atoms with van der Waals surface area (Å²) in [5.41, 5.74) is 0.194. The second-order valence-electron chi connectivity index (χ2n) is 5.74. The number of furan rings is 1. The molecule has 2 heterocycles. The Balaban J connectivity index is 1.51. The average Bonchev–Trinajstić information content (AvgIpc) is 3.20. The topological polar surface area (TPSA) is 91.1 Å². The fourth-order valence-electron chi connectivity index (χ4n) is 2.71. The first kappa shape index (κ1) is 18.1. The maximum Gasteiger partial charge on any atom is 0.336 e. The summed E-state index contributed by atoms with van der Waals surface area (Å²) >= 11 is 1.21. The number of nitrogens with zero attached hydrogens (tertiary/aromatic N) is 2. The molecule has 1 aromatic heterocycles. The van der Waals surface area contributed by atoms with Crippen molar-refractivity contribution in [1.82, 2.24) is 9.80 Å². The largest absolute Gasteiger partial charge is 0.478 e. The van der Waals surface area contributed by atoms with Crippen LogP contribution in [0.3, 0.4) is 0 Å². The van der Waals surface area contributed by atoms with E-state index in [1.54, 1.807) is 40.1 Å². The number of carboxylic acids is 1. The summed E-state index contributed by atoms with van der Waals surface area (Å²) in [6.07, 6.45) is 1.46. The van der Waals surface area contributed by atoms with E-state index in [-0.39, 0.29) is 23.1 Å². The predicted molar refractivity (Wildman–Crippen MR) is 95.3 cm³/mol. The van der Waals surface area contributed by atoms with E-state index < -0.39 is 5.97 Å². The van der Waals surface area contributed by atoms with Crippen molar-refractivity contribution in [2.75, 3.05) is 31.9 Å².